The molecule has 106 valence electrons. The number of fused-ring (bicyclic) bond motifs is 1. The van der Waals surface area contributed by atoms with Crippen LogP contribution in [0.25, 0.3) is 10.9 Å². The average Bonchev–Trinajstić information content (AvgIpc) is 2.78. The lowest BCUT2D eigenvalue weighted by atomic mass is 10.1. The number of benzene rings is 2. The number of carboxylic acid groups (broad SMARTS) is 1. The van der Waals surface area contributed by atoms with Crippen LogP contribution >= 0.6 is 11.6 Å². The first-order valence-corrected chi connectivity index (χ1v) is 7.00. The second-order valence-electron chi connectivity index (χ2n) is 5.07. The van der Waals surface area contributed by atoms with Crippen LogP contribution in [0.2, 0.25) is 5.02 Å². The summed E-state index contributed by atoms with van der Waals surface area (Å²) in [5.74, 6) is -0.967. The summed E-state index contributed by atoms with van der Waals surface area (Å²) in [6.07, 6.45) is 2.09. The molecule has 3 rings (SSSR count). The molecule has 21 heavy (non-hydrogen) atoms. The third-order valence-electron chi connectivity index (χ3n) is 3.63. The number of aryl methyl sites for hydroxylation is 1. The Morgan fingerprint density at radius 3 is 2.71 bits per heavy atom. The fraction of sp³-hybridized carbons (Fsp3) is 0.118. The summed E-state index contributed by atoms with van der Waals surface area (Å²) in [5.41, 5.74) is 3.47. The predicted molar refractivity (Wildman–Crippen MR) is 84.2 cm³/mol. The van der Waals surface area contributed by atoms with E-state index in [4.69, 9.17) is 16.7 Å². The minimum absolute atomic E-state index is 0.206. The maximum Gasteiger partial charge on any atom is 0.335 e. The van der Waals surface area contributed by atoms with E-state index in [1.807, 2.05) is 12.1 Å². The van der Waals surface area contributed by atoms with E-state index in [-0.39, 0.29) is 5.56 Å². The molecule has 4 heteroatoms. The Hall–Kier alpha value is -2.26. The summed E-state index contributed by atoms with van der Waals surface area (Å²) in [6.45, 7) is 2.70. The molecule has 3 aromatic rings. The Bertz CT molecular complexity index is 836. The summed E-state index contributed by atoms with van der Waals surface area (Å²) in [6, 6.07) is 13.1. The molecule has 0 aliphatic heterocycles. The highest BCUT2D eigenvalue weighted by molar-refractivity contribution is 6.31. The minimum atomic E-state index is -0.967. The molecule has 0 aliphatic rings. The van der Waals surface area contributed by atoms with Crippen molar-refractivity contribution in [3.63, 3.8) is 0 Å². The van der Waals surface area contributed by atoms with E-state index in [1.165, 1.54) is 17.0 Å². The molecule has 1 aromatic heterocycles. The number of para-hydroxylation sites is 1. The van der Waals surface area contributed by atoms with Crippen molar-refractivity contribution in [1.29, 1.82) is 0 Å². The number of hydrogen-bond acceptors (Lipinski definition) is 1. The Balaban J connectivity index is 2.01. The highest BCUT2D eigenvalue weighted by Gasteiger charge is 2.10. The summed E-state index contributed by atoms with van der Waals surface area (Å²) in [4.78, 5) is 10.9. The number of halogens is 1. The van der Waals surface area contributed by atoms with Gasteiger partial charge in [-0.15, -0.1) is 0 Å². The van der Waals surface area contributed by atoms with Crippen molar-refractivity contribution >= 4 is 28.5 Å². The van der Waals surface area contributed by atoms with E-state index in [0.717, 1.165) is 11.1 Å². The smallest absolute Gasteiger partial charge is 0.335 e. The van der Waals surface area contributed by atoms with Gasteiger partial charge in [0.05, 0.1) is 5.56 Å². The van der Waals surface area contributed by atoms with Gasteiger partial charge >= 0.3 is 5.97 Å². The molecule has 0 unspecified atom stereocenters. The highest BCUT2D eigenvalue weighted by atomic mass is 35.5. The van der Waals surface area contributed by atoms with Crippen molar-refractivity contribution in [2.45, 2.75) is 13.5 Å². The highest BCUT2D eigenvalue weighted by Crippen LogP contribution is 2.24. The van der Waals surface area contributed by atoms with Gasteiger partial charge in [-0.05, 0) is 36.2 Å². The van der Waals surface area contributed by atoms with E-state index in [0.29, 0.717) is 11.6 Å². The minimum Gasteiger partial charge on any atom is -0.478 e. The molecule has 0 saturated heterocycles. The van der Waals surface area contributed by atoms with Gasteiger partial charge in [0, 0.05) is 28.7 Å². The SMILES string of the molecule is Cc1cn(Cc2ccc(C(=O)O)cc2Cl)c2ccccc12. The van der Waals surface area contributed by atoms with Crippen LogP contribution in [-0.2, 0) is 6.54 Å². The number of carbonyl (C=O) groups is 1. The topological polar surface area (TPSA) is 42.2 Å². The van der Waals surface area contributed by atoms with Crippen molar-refractivity contribution in [1.82, 2.24) is 4.57 Å². The Labute approximate surface area is 127 Å². The number of aromatic carboxylic acids is 1. The fourth-order valence-electron chi connectivity index (χ4n) is 2.55. The standard InChI is InChI=1S/C17H14ClNO2/c1-11-9-19(16-5-3-2-4-14(11)16)10-13-7-6-12(17(20)21)8-15(13)18/h2-9H,10H2,1H3,(H,20,21). The van der Waals surface area contributed by atoms with E-state index in [1.54, 1.807) is 12.1 Å². The molecule has 0 bridgehead atoms. The molecule has 0 fully saturated rings. The van der Waals surface area contributed by atoms with E-state index in [2.05, 4.69) is 29.8 Å². The van der Waals surface area contributed by atoms with Crippen LogP contribution in [0.15, 0.2) is 48.7 Å². The number of nitrogens with zero attached hydrogens (tertiary/aromatic N) is 1. The van der Waals surface area contributed by atoms with Crippen molar-refractivity contribution in [3.05, 3.63) is 70.4 Å². The normalized spacial score (nSPS) is 11.0. The van der Waals surface area contributed by atoms with E-state index in [9.17, 15) is 4.79 Å². The second-order valence-corrected chi connectivity index (χ2v) is 5.48. The van der Waals surface area contributed by atoms with Crippen LogP contribution in [-0.4, -0.2) is 15.6 Å². The maximum absolute atomic E-state index is 10.9. The number of carboxylic acids is 1. The van der Waals surface area contributed by atoms with Crippen molar-refractivity contribution in [2.24, 2.45) is 0 Å². The first kappa shape index (κ1) is 13.7. The molecule has 2 aromatic carbocycles. The van der Waals surface area contributed by atoms with Gasteiger partial charge in [-0.1, -0.05) is 35.9 Å². The summed E-state index contributed by atoms with van der Waals surface area (Å²) in [7, 11) is 0. The third kappa shape index (κ3) is 2.52. The average molecular weight is 300 g/mol. The zero-order valence-electron chi connectivity index (χ0n) is 11.5. The van der Waals surface area contributed by atoms with Gasteiger partial charge < -0.3 is 9.67 Å². The molecule has 0 spiro atoms. The molecule has 1 heterocycles. The number of aromatic nitrogens is 1. The van der Waals surface area contributed by atoms with Gasteiger partial charge in [0.2, 0.25) is 0 Å². The molecule has 0 amide bonds. The van der Waals surface area contributed by atoms with Crippen LogP contribution in [0, 0.1) is 6.92 Å². The van der Waals surface area contributed by atoms with Gasteiger partial charge in [-0.25, -0.2) is 4.79 Å². The lowest BCUT2D eigenvalue weighted by Gasteiger charge is -2.08. The lowest BCUT2D eigenvalue weighted by molar-refractivity contribution is 0.0697. The van der Waals surface area contributed by atoms with E-state index >= 15 is 0 Å². The first-order valence-electron chi connectivity index (χ1n) is 6.62. The number of hydrogen-bond donors (Lipinski definition) is 1. The van der Waals surface area contributed by atoms with Crippen molar-refractivity contribution < 1.29 is 9.90 Å². The van der Waals surface area contributed by atoms with Crippen molar-refractivity contribution in [2.75, 3.05) is 0 Å². The van der Waals surface area contributed by atoms with Crippen LogP contribution < -0.4 is 0 Å². The Morgan fingerprint density at radius 2 is 2.00 bits per heavy atom. The fourth-order valence-corrected chi connectivity index (χ4v) is 2.79. The molecule has 0 saturated carbocycles. The molecule has 1 N–H and O–H groups in total. The van der Waals surface area contributed by atoms with Crippen LogP contribution in [0.5, 0.6) is 0 Å². The molecule has 0 radical (unpaired) electrons. The molecule has 3 nitrogen and oxygen atoms in total. The summed E-state index contributed by atoms with van der Waals surface area (Å²) < 4.78 is 2.13. The van der Waals surface area contributed by atoms with Crippen LogP contribution in [0.3, 0.4) is 0 Å². The van der Waals surface area contributed by atoms with Crippen LogP contribution in [0.1, 0.15) is 21.5 Å². The zero-order valence-corrected chi connectivity index (χ0v) is 12.3. The molecule has 0 aliphatic carbocycles. The monoisotopic (exact) mass is 299 g/mol. The summed E-state index contributed by atoms with van der Waals surface area (Å²) >= 11 is 6.20. The van der Waals surface area contributed by atoms with Gasteiger partial charge in [-0.3, -0.25) is 0 Å². The molecular weight excluding hydrogens is 286 g/mol. The second kappa shape index (κ2) is 5.26. The molecule has 0 atom stereocenters. The zero-order chi connectivity index (χ0) is 15.0. The van der Waals surface area contributed by atoms with Gasteiger partial charge in [0.1, 0.15) is 0 Å². The third-order valence-corrected chi connectivity index (χ3v) is 3.98. The van der Waals surface area contributed by atoms with Gasteiger partial charge in [0.15, 0.2) is 0 Å². The largest absolute Gasteiger partial charge is 0.478 e. The maximum atomic E-state index is 10.9. The summed E-state index contributed by atoms with van der Waals surface area (Å²) in [5, 5.41) is 10.7. The van der Waals surface area contributed by atoms with Crippen LogP contribution in [0.4, 0.5) is 0 Å². The Kier molecular flexibility index (Phi) is 3.43. The lowest BCUT2D eigenvalue weighted by Crippen LogP contribution is -2.01. The quantitative estimate of drug-likeness (QED) is 0.781. The van der Waals surface area contributed by atoms with E-state index < -0.39 is 5.97 Å². The molecular formula is C17H14ClNO2. The number of rotatable bonds is 3. The predicted octanol–water partition coefficient (Wildman–Crippen LogP) is 4.35. The first-order chi connectivity index (χ1) is 10.1. The van der Waals surface area contributed by atoms with Gasteiger partial charge in [0.25, 0.3) is 0 Å². The Morgan fingerprint density at radius 1 is 1.24 bits per heavy atom. The van der Waals surface area contributed by atoms with Crippen molar-refractivity contribution in [3.8, 4) is 0 Å². The van der Waals surface area contributed by atoms with Gasteiger partial charge in [-0.2, -0.15) is 0 Å².